The molecule has 0 rings (SSSR count). The number of hydrogen-bond acceptors (Lipinski definition) is 1. The van der Waals surface area contributed by atoms with Crippen LogP contribution in [0, 0.1) is 0 Å². The zero-order chi connectivity index (χ0) is 2.71. The van der Waals surface area contributed by atoms with Gasteiger partial charge in [0.15, 0.2) is 0 Å². The van der Waals surface area contributed by atoms with Crippen LogP contribution in [0.3, 0.4) is 0 Å². The predicted molar refractivity (Wildman–Crippen MR) is 27.2 cm³/mol. The van der Waals surface area contributed by atoms with Crippen LogP contribution in [0.25, 0.3) is 0 Å². The minimum absolute atomic E-state index is 0. The van der Waals surface area contributed by atoms with Gasteiger partial charge in [-0.3, -0.25) is 0 Å². The standard InChI is InChI=1S/C2H6O.2Li.2H/c1-3-2;;;;/h1-2H3;;;;. The molecule has 0 saturated heterocycles. The fourth-order valence-corrected chi connectivity index (χ4v) is 0. The summed E-state index contributed by atoms with van der Waals surface area (Å²) in [5.41, 5.74) is 0. The van der Waals surface area contributed by atoms with Gasteiger partial charge in [-0.15, -0.1) is 0 Å². The van der Waals surface area contributed by atoms with Gasteiger partial charge in [-0.05, 0) is 0 Å². The quantitative estimate of drug-likeness (QED) is 0.326. The molecule has 0 unspecified atom stereocenters. The number of methoxy groups -OCH3 is 1. The first-order chi connectivity index (χ1) is 1.41. The van der Waals surface area contributed by atoms with Crippen molar-refractivity contribution in [1.29, 1.82) is 0 Å². The van der Waals surface area contributed by atoms with E-state index in [9.17, 15) is 0 Å². The van der Waals surface area contributed by atoms with Crippen LogP contribution < -0.4 is 0 Å². The third-order valence-corrected chi connectivity index (χ3v) is 0. The Kier molecular flexibility index (Phi) is 63.0. The molecule has 0 fully saturated rings. The van der Waals surface area contributed by atoms with E-state index in [-0.39, 0.29) is 37.7 Å². The van der Waals surface area contributed by atoms with Crippen LogP contribution >= 0.6 is 0 Å². The van der Waals surface area contributed by atoms with Crippen LogP contribution in [-0.2, 0) is 4.74 Å². The first-order valence-corrected chi connectivity index (χ1v) is 0.816. The first-order valence-electron chi connectivity index (χ1n) is 0.816. The zero-order valence-corrected chi connectivity index (χ0v) is 2.41. The van der Waals surface area contributed by atoms with Gasteiger partial charge in [0, 0.05) is 14.2 Å². The summed E-state index contributed by atoms with van der Waals surface area (Å²) < 4.78 is 4.25. The van der Waals surface area contributed by atoms with Gasteiger partial charge in [0.1, 0.15) is 0 Å². The average Bonchev–Trinajstić information content (AvgIpc) is 0.918. The van der Waals surface area contributed by atoms with E-state index < -0.39 is 0 Å². The molecule has 1 nitrogen and oxygen atoms in total. The van der Waals surface area contributed by atoms with Gasteiger partial charge in [0.25, 0.3) is 0 Å². The topological polar surface area (TPSA) is 9.23 Å². The third-order valence-electron chi connectivity index (χ3n) is 0. The molecule has 0 aliphatic rings. The van der Waals surface area contributed by atoms with Crippen LogP contribution in [0.4, 0.5) is 0 Å². The summed E-state index contributed by atoms with van der Waals surface area (Å²) >= 11 is 0. The summed E-state index contributed by atoms with van der Waals surface area (Å²) in [7, 11) is 3.25. The van der Waals surface area contributed by atoms with Gasteiger partial charge in [-0.2, -0.15) is 0 Å². The number of ether oxygens (including phenoxy) is 1. The second-order valence-electron chi connectivity index (χ2n) is 0.408. The normalized spacial score (nSPS) is 3.60. The molecule has 0 atom stereocenters. The molecule has 0 aromatic carbocycles. The Balaban J connectivity index is -0.0000000200. The van der Waals surface area contributed by atoms with Crippen molar-refractivity contribution in [2.24, 2.45) is 0 Å². The van der Waals surface area contributed by atoms with Gasteiger partial charge >= 0.3 is 37.7 Å². The molecule has 0 N–H and O–H groups in total. The molecule has 0 bridgehead atoms. The Morgan fingerprint density at radius 3 is 1.00 bits per heavy atom. The fourth-order valence-electron chi connectivity index (χ4n) is 0. The van der Waals surface area contributed by atoms with E-state index in [4.69, 9.17) is 0 Å². The van der Waals surface area contributed by atoms with E-state index in [0.717, 1.165) is 0 Å². The maximum absolute atomic E-state index is 4.25. The Morgan fingerprint density at radius 1 is 1.00 bits per heavy atom. The van der Waals surface area contributed by atoms with E-state index in [1.807, 2.05) is 0 Å². The van der Waals surface area contributed by atoms with Crippen molar-refractivity contribution in [2.45, 2.75) is 0 Å². The van der Waals surface area contributed by atoms with Gasteiger partial charge in [-0.25, -0.2) is 0 Å². The van der Waals surface area contributed by atoms with Gasteiger partial charge in [-0.1, -0.05) is 0 Å². The van der Waals surface area contributed by atoms with Crippen molar-refractivity contribution in [3.63, 3.8) is 0 Å². The van der Waals surface area contributed by atoms with E-state index in [2.05, 4.69) is 4.74 Å². The van der Waals surface area contributed by atoms with Crippen molar-refractivity contribution in [1.82, 2.24) is 0 Å². The molecule has 0 amide bonds. The summed E-state index contributed by atoms with van der Waals surface area (Å²) in [6, 6.07) is 0. The van der Waals surface area contributed by atoms with Crippen LogP contribution in [0.1, 0.15) is 0 Å². The van der Waals surface area contributed by atoms with E-state index >= 15 is 0 Å². The Bertz CT molecular complexity index is 7.61. The monoisotopic (exact) mass is 62.1 g/mol. The molecule has 0 aromatic heterocycles. The van der Waals surface area contributed by atoms with Gasteiger partial charge < -0.3 is 4.74 Å². The van der Waals surface area contributed by atoms with Crippen LogP contribution in [0.5, 0.6) is 0 Å². The average molecular weight is 62.0 g/mol. The van der Waals surface area contributed by atoms with Gasteiger partial charge in [0.2, 0.25) is 0 Å². The Morgan fingerprint density at radius 2 is 1.00 bits per heavy atom. The summed E-state index contributed by atoms with van der Waals surface area (Å²) in [6.07, 6.45) is 0. The summed E-state index contributed by atoms with van der Waals surface area (Å²) in [5.74, 6) is 0. The van der Waals surface area contributed by atoms with Crippen molar-refractivity contribution >= 4 is 37.7 Å². The molecular formula is C2H8Li2O. The molecule has 0 saturated carbocycles. The number of hydrogen-bond donors (Lipinski definition) is 0. The minimum atomic E-state index is 0. The molecule has 0 aromatic rings. The van der Waals surface area contributed by atoms with Crippen molar-refractivity contribution in [2.75, 3.05) is 14.2 Å². The van der Waals surface area contributed by atoms with Crippen LogP contribution in [0.15, 0.2) is 0 Å². The first kappa shape index (κ1) is 16.4. The third kappa shape index (κ3) is 38.5. The molecule has 0 aliphatic heterocycles. The van der Waals surface area contributed by atoms with E-state index in [1.54, 1.807) is 14.2 Å². The van der Waals surface area contributed by atoms with Crippen molar-refractivity contribution < 1.29 is 4.74 Å². The van der Waals surface area contributed by atoms with Crippen LogP contribution in [0.2, 0.25) is 0 Å². The maximum atomic E-state index is 4.25. The molecule has 24 valence electrons. The fraction of sp³-hybridized carbons (Fsp3) is 1.00. The second-order valence-corrected chi connectivity index (χ2v) is 0.408. The summed E-state index contributed by atoms with van der Waals surface area (Å²) in [6.45, 7) is 0. The Labute approximate surface area is 56.8 Å². The van der Waals surface area contributed by atoms with Crippen molar-refractivity contribution in [3.8, 4) is 0 Å². The summed E-state index contributed by atoms with van der Waals surface area (Å²) in [5, 5.41) is 0. The molecule has 0 spiro atoms. The molecule has 0 heterocycles. The molecule has 5 heavy (non-hydrogen) atoms. The van der Waals surface area contributed by atoms with E-state index in [0.29, 0.717) is 0 Å². The number of rotatable bonds is 0. The zero-order valence-electron chi connectivity index (χ0n) is 2.41. The SMILES string of the molecule is COC.[LiH].[LiH]. The molecule has 3 heteroatoms. The summed E-state index contributed by atoms with van der Waals surface area (Å²) in [4.78, 5) is 0. The molecule has 0 radical (unpaired) electrons. The van der Waals surface area contributed by atoms with E-state index in [1.165, 1.54) is 0 Å². The predicted octanol–water partition coefficient (Wildman–Crippen LogP) is -1.03. The molecule has 0 aliphatic carbocycles. The van der Waals surface area contributed by atoms with Crippen molar-refractivity contribution in [3.05, 3.63) is 0 Å². The van der Waals surface area contributed by atoms with Gasteiger partial charge in [0.05, 0.1) is 0 Å². The Hall–Kier alpha value is 1.15. The second kappa shape index (κ2) is 19.2. The molecular weight excluding hydrogens is 53.9 g/mol. The van der Waals surface area contributed by atoms with Crippen LogP contribution in [-0.4, -0.2) is 51.9 Å².